The number of anilines is 1. The molecule has 2 N–H and O–H groups in total. The molecule has 0 radical (unpaired) electrons. The van der Waals surface area contributed by atoms with E-state index < -0.39 is 18.0 Å². The van der Waals surface area contributed by atoms with Crippen molar-refractivity contribution in [1.29, 1.82) is 0 Å². The summed E-state index contributed by atoms with van der Waals surface area (Å²) in [7, 11) is 0. The highest BCUT2D eigenvalue weighted by atomic mass is 32.2. The molecule has 3 rings (SSSR count). The van der Waals surface area contributed by atoms with Gasteiger partial charge in [0, 0.05) is 17.3 Å². The Hall–Kier alpha value is -2.28. The van der Waals surface area contributed by atoms with Crippen LogP contribution in [0.1, 0.15) is 0 Å². The van der Waals surface area contributed by atoms with Crippen LogP contribution in [0.2, 0.25) is 0 Å². The monoisotopic (exact) mass is 303 g/mol. The zero-order valence-electron chi connectivity index (χ0n) is 11.0. The van der Waals surface area contributed by atoms with Crippen molar-refractivity contribution in [2.45, 2.75) is 6.04 Å². The lowest BCUT2D eigenvalue weighted by Crippen LogP contribution is -2.44. The van der Waals surface area contributed by atoms with Crippen LogP contribution in [-0.4, -0.2) is 44.7 Å². The third-order valence-electron chi connectivity index (χ3n) is 3.30. The van der Waals surface area contributed by atoms with Crippen molar-refractivity contribution in [1.82, 2.24) is 9.88 Å². The third-order valence-corrected chi connectivity index (χ3v) is 4.31. The van der Waals surface area contributed by atoms with Crippen LogP contribution in [0.4, 0.5) is 10.5 Å². The number of rotatable bonds is 2. The molecule has 1 atom stereocenters. The van der Waals surface area contributed by atoms with E-state index in [-0.39, 0.29) is 0 Å². The smallest absolute Gasteiger partial charge is 0.327 e. The normalized spacial score (nSPS) is 17.9. The second kappa shape index (κ2) is 5.61. The van der Waals surface area contributed by atoms with E-state index in [2.05, 4.69) is 10.3 Å². The fraction of sp³-hybridized carbons (Fsp3) is 0.214. The first-order chi connectivity index (χ1) is 10.2. The van der Waals surface area contributed by atoms with Gasteiger partial charge < -0.3 is 15.3 Å². The standard InChI is InChI=1S/C14H13N3O3S/c18-13(19)11-7-21-8-17(11)14(20)16-10-5-1-3-9-4-2-6-15-12(9)10/h1-6,11H,7-8H2,(H,16,20)(H,18,19)/t11-/m0/s1. The van der Waals surface area contributed by atoms with Gasteiger partial charge in [-0.2, -0.15) is 0 Å². The number of nitrogens with one attached hydrogen (secondary N) is 1. The lowest BCUT2D eigenvalue weighted by Gasteiger charge is -2.21. The van der Waals surface area contributed by atoms with Crippen molar-refractivity contribution in [2.75, 3.05) is 16.9 Å². The topological polar surface area (TPSA) is 82.5 Å². The van der Waals surface area contributed by atoms with Crippen LogP contribution in [0, 0.1) is 0 Å². The average Bonchev–Trinajstić information content (AvgIpc) is 2.97. The summed E-state index contributed by atoms with van der Waals surface area (Å²) >= 11 is 1.43. The third kappa shape index (κ3) is 2.64. The Balaban J connectivity index is 1.85. The number of pyridine rings is 1. The van der Waals surface area contributed by atoms with Crippen LogP contribution in [0.3, 0.4) is 0 Å². The highest BCUT2D eigenvalue weighted by Gasteiger charge is 2.34. The van der Waals surface area contributed by atoms with E-state index >= 15 is 0 Å². The Morgan fingerprint density at radius 2 is 2.14 bits per heavy atom. The Bertz CT molecular complexity index is 701. The first-order valence-electron chi connectivity index (χ1n) is 6.39. The number of para-hydroxylation sites is 1. The van der Waals surface area contributed by atoms with E-state index in [1.165, 1.54) is 16.7 Å². The number of carboxylic acid groups (broad SMARTS) is 1. The average molecular weight is 303 g/mol. The molecule has 1 aliphatic heterocycles. The van der Waals surface area contributed by atoms with Crippen molar-refractivity contribution < 1.29 is 14.7 Å². The van der Waals surface area contributed by atoms with E-state index in [1.54, 1.807) is 12.3 Å². The zero-order chi connectivity index (χ0) is 14.8. The molecule has 1 aliphatic rings. The molecule has 0 unspecified atom stereocenters. The first-order valence-corrected chi connectivity index (χ1v) is 7.54. The first kappa shape index (κ1) is 13.7. The molecule has 2 aromatic rings. The summed E-state index contributed by atoms with van der Waals surface area (Å²) in [6.45, 7) is 0. The molecule has 1 fully saturated rings. The lowest BCUT2D eigenvalue weighted by molar-refractivity contribution is -0.140. The van der Waals surface area contributed by atoms with Gasteiger partial charge in [-0.15, -0.1) is 11.8 Å². The predicted molar refractivity (Wildman–Crippen MR) is 81.3 cm³/mol. The maximum Gasteiger partial charge on any atom is 0.327 e. The molecule has 0 saturated carbocycles. The highest BCUT2D eigenvalue weighted by Crippen LogP contribution is 2.24. The van der Waals surface area contributed by atoms with Gasteiger partial charge in [-0.25, -0.2) is 9.59 Å². The Morgan fingerprint density at radius 1 is 1.33 bits per heavy atom. The van der Waals surface area contributed by atoms with Crippen molar-refractivity contribution >= 4 is 40.4 Å². The molecule has 7 heteroatoms. The van der Waals surface area contributed by atoms with Gasteiger partial charge in [-0.3, -0.25) is 4.98 Å². The molecule has 0 aliphatic carbocycles. The minimum Gasteiger partial charge on any atom is -0.480 e. The molecule has 2 amide bonds. The van der Waals surface area contributed by atoms with Gasteiger partial charge in [-0.05, 0) is 12.1 Å². The van der Waals surface area contributed by atoms with Crippen LogP contribution in [-0.2, 0) is 4.79 Å². The molecular weight excluding hydrogens is 290 g/mol. The van der Waals surface area contributed by atoms with E-state index in [1.807, 2.05) is 24.3 Å². The van der Waals surface area contributed by atoms with Crippen molar-refractivity contribution in [3.63, 3.8) is 0 Å². The van der Waals surface area contributed by atoms with Crippen molar-refractivity contribution in [3.8, 4) is 0 Å². The number of carbonyl (C=O) groups excluding carboxylic acids is 1. The van der Waals surface area contributed by atoms with Gasteiger partial charge in [0.15, 0.2) is 0 Å². The van der Waals surface area contributed by atoms with E-state index in [0.29, 0.717) is 22.8 Å². The number of aromatic nitrogens is 1. The molecule has 1 aromatic carbocycles. The Kier molecular flexibility index (Phi) is 3.66. The van der Waals surface area contributed by atoms with Gasteiger partial charge in [0.25, 0.3) is 0 Å². The van der Waals surface area contributed by atoms with Crippen LogP contribution in [0.15, 0.2) is 36.5 Å². The molecule has 6 nitrogen and oxygen atoms in total. The summed E-state index contributed by atoms with van der Waals surface area (Å²) in [5, 5.41) is 12.8. The quantitative estimate of drug-likeness (QED) is 0.889. The SMILES string of the molecule is O=C(O)[C@@H]1CSCN1C(=O)Nc1cccc2cccnc12. The largest absolute Gasteiger partial charge is 0.480 e. The number of fused-ring (bicyclic) bond motifs is 1. The number of hydrogen-bond donors (Lipinski definition) is 2. The number of nitrogens with zero attached hydrogens (tertiary/aromatic N) is 2. The summed E-state index contributed by atoms with van der Waals surface area (Å²) in [6, 6.07) is 8.03. The van der Waals surface area contributed by atoms with Gasteiger partial charge in [0.1, 0.15) is 6.04 Å². The van der Waals surface area contributed by atoms with Gasteiger partial charge >= 0.3 is 12.0 Å². The number of amides is 2. The van der Waals surface area contributed by atoms with Crippen molar-refractivity contribution in [3.05, 3.63) is 36.5 Å². The number of urea groups is 1. The number of carboxylic acids is 1. The molecule has 1 aromatic heterocycles. The van der Waals surface area contributed by atoms with Crippen LogP contribution in [0.25, 0.3) is 10.9 Å². The second-order valence-electron chi connectivity index (χ2n) is 4.63. The van der Waals surface area contributed by atoms with Crippen LogP contribution in [0.5, 0.6) is 0 Å². The number of hydrogen-bond acceptors (Lipinski definition) is 4. The van der Waals surface area contributed by atoms with Gasteiger partial charge in [0.2, 0.25) is 0 Å². The zero-order valence-corrected chi connectivity index (χ0v) is 11.8. The Labute approximate surface area is 125 Å². The van der Waals surface area contributed by atoms with E-state index in [0.717, 1.165) is 5.39 Å². The molecule has 108 valence electrons. The van der Waals surface area contributed by atoms with E-state index in [9.17, 15) is 9.59 Å². The van der Waals surface area contributed by atoms with Gasteiger partial charge in [0.05, 0.1) is 17.1 Å². The molecule has 2 heterocycles. The summed E-state index contributed by atoms with van der Waals surface area (Å²) in [4.78, 5) is 29.0. The Morgan fingerprint density at radius 3 is 2.95 bits per heavy atom. The molecular formula is C14H13N3O3S. The molecule has 1 saturated heterocycles. The summed E-state index contributed by atoms with van der Waals surface area (Å²) in [5.41, 5.74) is 1.27. The van der Waals surface area contributed by atoms with Crippen LogP contribution < -0.4 is 5.32 Å². The number of aliphatic carboxylic acids is 1. The number of thioether (sulfide) groups is 1. The van der Waals surface area contributed by atoms with Crippen molar-refractivity contribution in [2.24, 2.45) is 0 Å². The van der Waals surface area contributed by atoms with Gasteiger partial charge in [-0.1, -0.05) is 18.2 Å². The summed E-state index contributed by atoms with van der Waals surface area (Å²) in [5.74, 6) is -0.191. The fourth-order valence-corrected chi connectivity index (χ4v) is 3.38. The minimum absolute atomic E-state index is 0.376. The fourth-order valence-electron chi connectivity index (χ4n) is 2.24. The van der Waals surface area contributed by atoms with E-state index in [4.69, 9.17) is 5.11 Å². The highest BCUT2D eigenvalue weighted by molar-refractivity contribution is 7.99. The van der Waals surface area contributed by atoms with Crippen LogP contribution >= 0.6 is 11.8 Å². The number of carbonyl (C=O) groups is 2. The minimum atomic E-state index is -0.980. The second-order valence-corrected chi connectivity index (χ2v) is 5.63. The molecule has 21 heavy (non-hydrogen) atoms. The maximum atomic E-state index is 12.3. The number of benzene rings is 1. The lowest BCUT2D eigenvalue weighted by atomic mass is 10.2. The summed E-state index contributed by atoms with van der Waals surface area (Å²) in [6.07, 6.45) is 1.66. The predicted octanol–water partition coefficient (Wildman–Crippen LogP) is 2.23. The molecule has 0 spiro atoms. The maximum absolute atomic E-state index is 12.3. The summed E-state index contributed by atoms with van der Waals surface area (Å²) < 4.78 is 0. The molecule has 0 bridgehead atoms.